The average Bonchev–Trinajstić information content (AvgIpc) is 3.00. The van der Waals surface area contributed by atoms with Crippen LogP contribution in [0, 0.1) is 6.92 Å². The van der Waals surface area contributed by atoms with E-state index in [0.29, 0.717) is 46.8 Å². The van der Waals surface area contributed by atoms with E-state index in [1.807, 2.05) is 85.8 Å². The molecule has 42 heavy (non-hydrogen) atoms. The Bertz CT molecular complexity index is 1820. The van der Waals surface area contributed by atoms with Crippen LogP contribution < -0.4 is 24.6 Å². The van der Waals surface area contributed by atoms with E-state index in [1.165, 1.54) is 6.07 Å². The van der Waals surface area contributed by atoms with Gasteiger partial charge >= 0.3 is 11.6 Å². The van der Waals surface area contributed by atoms with Gasteiger partial charge in [0.05, 0.1) is 32.6 Å². The second-order valence-corrected chi connectivity index (χ2v) is 10.2. The largest absolute Gasteiger partial charge is 0.497 e. The number of hydrogen-bond donors (Lipinski definition) is 0. The topological polar surface area (TPSA) is 84.2 Å². The zero-order valence-electron chi connectivity index (χ0n) is 23.6. The monoisotopic (exact) mass is 562 g/mol. The highest BCUT2D eigenvalue weighted by Gasteiger charge is 2.33. The molecule has 0 spiro atoms. The molecule has 1 aliphatic rings. The molecular formula is C35H30O7. The van der Waals surface area contributed by atoms with Crippen LogP contribution in [0.25, 0.3) is 22.1 Å². The summed E-state index contributed by atoms with van der Waals surface area (Å²) < 4.78 is 28.6. The summed E-state index contributed by atoms with van der Waals surface area (Å²) in [7, 11) is 3.25. The van der Waals surface area contributed by atoms with Gasteiger partial charge in [0.2, 0.25) is 0 Å². The van der Waals surface area contributed by atoms with Crippen LogP contribution in [0.4, 0.5) is 0 Å². The van der Waals surface area contributed by atoms with Gasteiger partial charge in [-0.2, -0.15) is 0 Å². The lowest BCUT2D eigenvalue weighted by molar-refractivity contribution is -0.135. The van der Waals surface area contributed by atoms with Crippen molar-refractivity contribution in [3.8, 4) is 34.1 Å². The quantitative estimate of drug-likeness (QED) is 0.116. The van der Waals surface area contributed by atoms with Gasteiger partial charge < -0.3 is 23.4 Å². The second kappa shape index (κ2) is 11.4. The highest BCUT2D eigenvalue weighted by molar-refractivity contribution is 6.01. The molecule has 1 aliphatic heterocycles. The maximum Gasteiger partial charge on any atom is 0.336 e. The third-order valence-electron chi connectivity index (χ3n) is 7.65. The number of benzene rings is 4. The standard InChI is InChI=1S/C35H30O7/c1-21-17-30-34(26(19-31(36)41-30)23-7-5-4-6-8-23)35-33(21)27(20-32(37)42-35)24-11-14-28(39-3)29(18-24)40-16-15-22-9-12-25(38-2)13-10-22/h4-14,17-19,27H,15-16,20H2,1-3H3. The lowest BCUT2D eigenvalue weighted by Crippen LogP contribution is -2.22. The molecular weight excluding hydrogens is 532 g/mol. The Morgan fingerprint density at radius 2 is 1.64 bits per heavy atom. The van der Waals surface area contributed by atoms with Crippen LogP contribution in [-0.4, -0.2) is 26.8 Å². The van der Waals surface area contributed by atoms with Crippen LogP contribution in [-0.2, 0) is 11.2 Å². The Kier molecular flexibility index (Phi) is 7.40. The number of fused-ring (bicyclic) bond motifs is 3. The van der Waals surface area contributed by atoms with E-state index in [-0.39, 0.29) is 18.3 Å². The predicted molar refractivity (Wildman–Crippen MR) is 160 cm³/mol. The number of esters is 1. The summed E-state index contributed by atoms with van der Waals surface area (Å²) in [6, 6.07) is 26.5. The third-order valence-corrected chi connectivity index (χ3v) is 7.65. The Morgan fingerprint density at radius 3 is 2.38 bits per heavy atom. The molecule has 1 atom stereocenters. The molecule has 0 N–H and O–H groups in total. The maximum atomic E-state index is 13.1. The molecule has 2 heterocycles. The van der Waals surface area contributed by atoms with Crippen LogP contribution in [0.1, 0.15) is 34.6 Å². The summed E-state index contributed by atoms with van der Waals surface area (Å²) in [6.45, 7) is 2.38. The molecule has 0 aliphatic carbocycles. The molecule has 0 radical (unpaired) electrons. The smallest absolute Gasteiger partial charge is 0.336 e. The number of carbonyl (C=O) groups excluding carboxylic acids is 1. The summed E-state index contributed by atoms with van der Waals surface area (Å²) in [4.78, 5) is 25.6. The number of methoxy groups -OCH3 is 2. The first kappa shape index (κ1) is 27.1. The minimum Gasteiger partial charge on any atom is -0.497 e. The Labute approximate surface area is 243 Å². The fraction of sp³-hybridized carbons (Fsp3) is 0.200. The minimum atomic E-state index is -0.467. The van der Waals surface area contributed by atoms with Crippen molar-refractivity contribution in [1.29, 1.82) is 0 Å². The van der Waals surface area contributed by atoms with Crippen LogP contribution in [0.15, 0.2) is 94.1 Å². The molecule has 0 fully saturated rings. The van der Waals surface area contributed by atoms with Gasteiger partial charge in [-0.15, -0.1) is 0 Å². The molecule has 0 bridgehead atoms. The van der Waals surface area contributed by atoms with Crippen LogP contribution in [0.2, 0.25) is 0 Å². The van der Waals surface area contributed by atoms with Gasteiger partial charge in [0, 0.05) is 29.5 Å². The van der Waals surface area contributed by atoms with Crippen molar-refractivity contribution in [2.24, 2.45) is 0 Å². The number of hydrogen-bond acceptors (Lipinski definition) is 7. The Hall–Kier alpha value is -5.04. The van der Waals surface area contributed by atoms with Crippen molar-refractivity contribution in [2.75, 3.05) is 20.8 Å². The number of carbonyl (C=O) groups is 1. The van der Waals surface area contributed by atoms with Crippen molar-refractivity contribution in [3.63, 3.8) is 0 Å². The van der Waals surface area contributed by atoms with Crippen molar-refractivity contribution in [1.82, 2.24) is 0 Å². The first-order chi connectivity index (χ1) is 20.4. The third kappa shape index (κ3) is 5.21. The van der Waals surface area contributed by atoms with E-state index < -0.39 is 5.63 Å². The SMILES string of the molecule is COc1ccc(CCOc2cc(C3CC(=O)Oc4c3c(C)cc3oc(=O)cc(-c5ccccc5)c43)ccc2OC)cc1. The molecule has 5 aromatic rings. The van der Waals surface area contributed by atoms with Gasteiger partial charge in [0.25, 0.3) is 0 Å². The minimum absolute atomic E-state index is 0.161. The highest BCUT2D eigenvalue weighted by atomic mass is 16.5. The van der Waals surface area contributed by atoms with E-state index in [9.17, 15) is 9.59 Å². The Morgan fingerprint density at radius 1 is 0.857 bits per heavy atom. The molecule has 7 heteroatoms. The highest BCUT2D eigenvalue weighted by Crippen LogP contribution is 2.48. The van der Waals surface area contributed by atoms with Gasteiger partial charge in [0.15, 0.2) is 11.5 Å². The maximum absolute atomic E-state index is 13.1. The van der Waals surface area contributed by atoms with Crippen LogP contribution in [0.5, 0.6) is 23.0 Å². The van der Waals surface area contributed by atoms with Crippen molar-refractivity contribution in [3.05, 3.63) is 118 Å². The van der Waals surface area contributed by atoms with Crippen LogP contribution >= 0.6 is 0 Å². The Balaban J connectivity index is 1.40. The molecule has 1 aromatic heterocycles. The normalized spacial score (nSPS) is 14.3. The van der Waals surface area contributed by atoms with Gasteiger partial charge in [0.1, 0.15) is 17.1 Å². The predicted octanol–water partition coefficient (Wildman–Crippen LogP) is 6.85. The first-order valence-electron chi connectivity index (χ1n) is 13.8. The molecule has 212 valence electrons. The van der Waals surface area contributed by atoms with E-state index >= 15 is 0 Å². The molecule has 0 saturated carbocycles. The fourth-order valence-corrected chi connectivity index (χ4v) is 5.62. The number of rotatable bonds is 8. The van der Waals surface area contributed by atoms with Crippen molar-refractivity contribution in [2.45, 2.75) is 25.7 Å². The summed E-state index contributed by atoms with van der Waals surface area (Å²) in [5.41, 5.74) is 5.16. The number of ether oxygens (including phenoxy) is 4. The zero-order chi connectivity index (χ0) is 29.2. The van der Waals surface area contributed by atoms with Crippen LogP contribution in [0.3, 0.4) is 0 Å². The van der Waals surface area contributed by atoms with Crippen molar-refractivity contribution < 1.29 is 28.2 Å². The molecule has 1 unspecified atom stereocenters. The van der Waals surface area contributed by atoms with Gasteiger partial charge in [-0.25, -0.2) is 4.79 Å². The van der Waals surface area contributed by atoms with E-state index in [0.717, 1.165) is 33.6 Å². The van der Waals surface area contributed by atoms with Gasteiger partial charge in [-0.05, 0) is 59.5 Å². The molecule has 0 saturated heterocycles. The molecule has 7 nitrogen and oxygen atoms in total. The fourth-order valence-electron chi connectivity index (χ4n) is 5.62. The van der Waals surface area contributed by atoms with E-state index in [1.54, 1.807) is 14.2 Å². The van der Waals surface area contributed by atoms with E-state index in [4.69, 9.17) is 23.4 Å². The van der Waals surface area contributed by atoms with Crippen molar-refractivity contribution >= 4 is 16.9 Å². The number of aryl methyl sites for hydroxylation is 1. The van der Waals surface area contributed by atoms with Gasteiger partial charge in [-0.1, -0.05) is 48.5 Å². The lowest BCUT2D eigenvalue weighted by atomic mass is 9.82. The second-order valence-electron chi connectivity index (χ2n) is 10.2. The molecule has 6 rings (SSSR count). The summed E-state index contributed by atoms with van der Waals surface area (Å²) in [5.74, 6) is 1.78. The summed E-state index contributed by atoms with van der Waals surface area (Å²) in [5, 5.41) is 0.601. The van der Waals surface area contributed by atoms with Gasteiger partial charge in [-0.3, -0.25) is 4.79 Å². The average molecular weight is 563 g/mol. The summed E-state index contributed by atoms with van der Waals surface area (Å²) in [6.07, 6.45) is 0.864. The summed E-state index contributed by atoms with van der Waals surface area (Å²) >= 11 is 0. The first-order valence-corrected chi connectivity index (χ1v) is 13.8. The lowest BCUT2D eigenvalue weighted by Gasteiger charge is -2.28. The molecule has 0 amide bonds. The zero-order valence-corrected chi connectivity index (χ0v) is 23.6. The molecule has 4 aromatic carbocycles. The van der Waals surface area contributed by atoms with E-state index in [2.05, 4.69) is 0 Å².